The highest BCUT2D eigenvalue weighted by Gasteiger charge is 2.26. The summed E-state index contributed by atoms with van der Waals surface area (Å²) in [4.78, 5) is 0. The van der Waals surface area contributed by atoms with Crippen LogP contribution in [0.1, 0.15) is 11.1 Å². The van der Waals surface area contributed by atoms with E-state index in [1.807, 2.05) is 0 Å². The minimum absolute atomic E-state index is 0.183. The van der Waals surface area contributed by atoms with Crippen LogP contribution in [0.5, 0.6) is 0 Å². The lowest BCUT2D eigenvalue weighted by Crippen LogP contribution is -2.25. The molecule has 0 aliphatic carbocycles. The van der Waals surface area contributed by atoms with Crippen molar-refractivity contribution in [3.05, 3.63) is 71.8 Å². The van der Waals surface area contributed by atoms with Crippen LogP contribution in [0.4, 0.5) is 0 Å². The van der Waals surface area contributed by atoms with Gasteiger partial charge in [0.2, 0.25) is 0 Å². The number of rotatable bonds is 3. The summed E-state index contributed by atoms with van der Waals surface area (Å²) in [5, 5.41) is 0. The summed E-state index contributed by atoms with van der Waals surface area (Å²) >= 11 is 0. The van der Waals surface area contributed by atoms with Crippen LogP contribution in [-0.4, -0.2) is 9.52 Å². The third-order valence-electron chi connectivity index (χ3n) is 3.14. The monoisotopic (exact) mass is 244 g/mol. The minimum Gasteiger partial charge on any atom is -0.126 e. The van der Waals surface area contributed by atoms with E-state index in [9.17, 15) is 0 Å². The molecule has 0 aliphatic heterocycles. The lowest BCUT2D eigenvalue weighted by Gasteiger charge is -2.29. The maximum atomic E-state index is 3.08. The average molecular weight is 244 g/mol. The molecule has 0 radical (unpaired) electrons. The maximum absolute atomic E-state index is 3.08. The van der Waals surface area contributed by atoms with Gasteiger partial charge in [0, 0.05) is 14.3 Å². The summed E-state index contributed by atoms with van der Waals surface area (Å²) in [5.41, 5.74) is 2.83. The molecule has 0 aliphatic rings. The van der Waals surface area contributed by atoms with E-state index in [-0.39, 0.29) is 14.3 Å². The van der Waals surface area contributed by atoms with Gasteiger partial charge in [0.1, 0.15) is 0 Å². The Balaban J connectivity index is 2.49. The molecular formula is C14H17PSi. The Morgan fingerprint density at radius 1 is 0.812 bits per heavy atom. The molecule has 0 saturated carbocycles. The molecule has 2 rings (SSSR count). The van der Waals surface area contributed by atoms with E-state index in [4.69, 9.17) is 0 Å². The van der Waals surface area contributed by atoms with Crippen molar-refractivity contribution < 1.29 is 0 Å². The molecule has 0 nitrogen and oxygen atoms in total. The zero-order valence-electron chi connectivity index (χ0n) is 9.56. The molecule has 0 fully saturated rings. The van der Waals surface area contributed by atoms with Crippen LogP contribution >= 0.6 is 9.24 Å². The van der Waals surface area contributed by atoms with E-state index >= 15 is 0 Å². The second kappa shape index (κ2) is 4.95. The molecule has 0 N–H and O–H groups in total. The molecule has 0 bridgehead atoms. The molecule has 82 valence electrons. The van der Waals surface area contributed by atoms with Gasteiger partial charge in [0.05, 0.1) is 0 Å². The van der Waals surface area contributed by atoms with Crippen LogP contribution in [0.15, 0.2) is 60.7 Å². The molecule has 2 heteroatoms. The first-order valence-electron chi connectivity index (χ1n) is 5.67. The number of benzene rings is 2. The van der Waals surface area contributed by atoms with E-state index in [0.717, 1.165) is 0 Å². The molecule has 0 saturated heterocycles. The van der Waals surface area contributed by atoms with E-state index in [2.05, 4.69) is 76.5 Å². The Hall–Kier alpha value is -0.913. The zero-order valence-corrected chi connectivity index (χ0v) is 12.1. The topological polar surface area (TPSA) is 0 Å². The Bertz CT molecular complexity index is 399. The van der Waals surface area contributed by atoms with Crippen LogP contribution in [-0.2, 0) is 4.78 Å². The number of hydrogen-bond acceptors (Lipinski definition) is 0. The smallest absolute Gasteiger partial charge is 0.0399 e. The predicted molar refractivity (Wildman–Crippen MR) is 77.8 cm³/mol. The van der Waals surface area contributed by atoms with Gasteiger partial charge in [0.15, 0.2) is 0 Å². The van der Waals surface area contributed by atoms with Crippen molar-refractivity contribution in [1.29, 1.82) is 0 Å². The SMILES string of the molecule is C[SiH2]C(P)(c1ccccc1)c1ccccc1. The Kier molecular flexibility index (Phi) is 3.58. The van der Waals surface area contributed by atoms with Gasteiger partial charge in [-0.15, -0.1) is 9.24 Å². The van der Waals surface area contributed by atoms with Crippen molar-refractivity contribution >= 4 is 18.8 Å². The first kappa shape index (κ1) is 11.6. The van der Waals surface area contributed by atoms with Crippen LogP contribution in [0, 0.1) is 0 Å². The molecule has 0 heterocycles. The van der Waals surface area contributed by atoms with Gasteiger partial charge in [-0.05, 0) is 11.1 Å². The quantitative estimate of drug-likeness (QED) is 0.575. The second-order valence-corrected chi connectivity index (χ2v) is 7.68. The fraction of sp³-hybridized carbons (Fsp3) is 0.143. The van der Waals surface area contributed by atoms with Gasteiger partial charge in [0.25, 0.3) is 0 Å². The number of hydrogen-bond donors (Lipinski definition) is 0. The largest absolute Gasteiger partial charge is 0.126 e. The summed E-state index contributed by atoms with van der Waals surface area (Å²) in [5.74, 6) is 0. The molecule has 0 amide bonds. The first-order chi connectivity index (χ1) is 7.77. The standard InChI is InChI=1S/C14H17PSi/c1-16-14(15,12-8-4-2-5-9-12)13-10-6-3-7-11-13/h2-11H,15-16H2,1H3. The van der Waals surface area contributed by atoms with Crippen molar-refractivity contribution in [3.63, 3.8) is 0 Å². The summed E-state index contributed by atoms with van der Waals surface area (Å²) in [7, 11) is 2.88. The summed E-state index contributed by atoms with van der Waals surface area (Å²) in [6, 6.07) is 21.6. The molecule has 2 aromatic rings. The molecule has 0 spiro atoms. The molecule has 16 heavy (non-hydrogen) atoms. The normalized spacial score (nSPS) is 12.1. The van der Waals surface area contributed by atoms with Gasteiger partial charge >= 0.3 is 0 Å². The third-order valence-corrected chi connectivity index (χ3v) is 6.96. The highest BCUT2D eigenvalue weighted by atomic mass is 31.0. The van der Waals surface area contributed by atoms with Crippen LogP contribution in [0.3, 0.4) is 0 Å². The molecule has 0 aromatic heterocycles. The molecule has 1 atom stereocenters. The van der Waals surface area contributed by atoms with E-state index in [1.54, 1.807) is 0 Å². The highest BCUT2D eigenvalue weighted by molar-refractivity contribution is 7.23. The predicted octanol–water partition coefficient (Wildman–Crippen LogP) is 2.98. The van der Waals surface area contributed by atoms with E-state index < -0.39 is 0 Å². The maximum Gasteiger partial charge on any atom is 0.0399 e. The summed E-state index contributed by atoms with van der Waals surface area (Å²) in [6.07, 6.45) is 0. The van der Waals surface area contributed by atoms with E-state index in [1.165, 1.54) is 11.1 Å². The minimum atomic E-state index is -0.202. The zero-order chi connectivity index (χ0) is 11.4. The van der Waals surface area contributed by atoms with Crippen LogP contribution < -0.4 is 0 Å². The Morgan fingerprint density at radius 2 is 1.19 bits per heavy atom. The Morgan fingerprint density at radius 3 is 1.50 bits per heavy atom. The molecular weight excluding hydrogens is 227 g/mol. The van der Waals surface area contributed by atoms with E-state index in [0.29, 0.717) is 0 Å². The van der Waals surface area contributed by atoms with Crippen molar-refractivity contribution in [1.82, 2.24) is 0 Å². The van der Waals surface area contributed by atoms with Gasteiger partial charge in [-0.3, -0.25) is 0 Å². The average Bonchev–Trinajstić information content (AvgIpc) is 2.40. The lowest BCUT2D eigenvalue weighted by molar-refractivity contribution is 1.04. The summed E-state index contributed by atoms with van der Waals surface area (Å²) < 4.78 is 0.183. The lowest BCUT2D eigenvalue weighted by atomic mass is 10.0. The van der Waals surface area contributed by atoms with Crippen molar-refractivity contribution in [2.45, 2.75) is 11.3 Å². The van der Waals surface area contributed by atoms with Crippen molar-refractivity contribution in [2.75, 3.05) is 0 Å². The molecule has 1 unspecified atom stereocenters. The fourth-order valence-electron chi connectivity index (χ4n) is 2.05. The summed E-state index contributed by atoms with van der Waals surface area (Å²) in [6.45, 7) is 2.37. The Labute approximate surface area is 102 Å². The third kappa shape index (κ3) is 2.11. The van der Waals surface area contributed by atoms with Crippen LogP contribution in [0.2, 0.25) is 6.55 Å². The first-order valence-corrected chi connectivity index (χ1v) is 8.37. The van der Waals surface area contributed by atoms with Gasteiger partial charge in [-0.2, -0.15) is 0 Å². The van der Waals surface area contributed by atoms with Crippen molar-refractivity contribution in [2.24, 2.45) is 0 Å². The molecule has 2 aromatic carbocycles. The van der Waals surface area contributed by atoms with Crippen molar-refractivity contribution in [3.8, 4) is 0 Å². The van der Waals surface area contributed by atoms with Gasteiger partial charge < -0.3 is 0 Å². The van der Waals surface area contributed by atoms with Gasteiger partial charge in [-0.1, -0.05) is 67.2 Å². The second-order valence-electron chi connectivity index (χ2n) is 4.06. The highest BCUT2D eigenvalue weighted by Crippen LogP contribution is 2.37. The van der Waals surface area contributed by atoms with Gasteiger partial charge in [-0.25, -0.2) is 0 Å². The van der Waals surface area contributed by atoms with Crippen LogP contribution in [0.25, 0.3) is 0 Å². The fourth-order valence-corrected chi connectivity index (χ4v) is 3.72.